The van der Waals surface area contributed by atoms with Gasteiger partial charge in [-0.2, -0.15) is 8.42 Å². The molecule has 0 spiro atoms. The van der Waals surface area contributed by atoms with Gasteiger partial charge < -0.3 is 19.3 Å². The molecule has 2 amide bonds. The van der Waals surface area contributed by atoms with Crippen LogP contribution in [0.3, 0.4) is 0 Å². The van der Waals surface area contributed by atoms with Crippen molar-refractivity contribution in [3.05, 3.63) is 48.0 Å². The Morgan fingerprint density at radius 1 is 1.00 bits per heavy atom. The fraction of sp³-hybridized carbons (Fsp3) is 0.517. The van der Waals surface area contributed by atoms with Crippen LogP contribution in [0.5, 0.6) is 5.75 Å². The molecule has 2 aromatic carbocycles. The Morgan fingerprint density at radius 2 is 1.61 bits per heavy atom. The van der Waals surface area contributed by atoms with Crippen molar-refractivity contribution in [1.29, 1.82) is 0 Å². The molecule has 38 heavy (non-hydrogen) atoms. The van der Waals surface area contributed by atoms with E-state index in [9.17, 15) is 18.0 Å². The van der Waals surface area contributed by atoms with Crippen LogP contribution in [0.1, 0.15) is 73.8 Å². The minimum absolute atomic E-state index is 0.0158. The molecule has 1 unspecified atom stereocenters. The maximum absolute atomic E-state index is 13.3. The number of hydrogen-bond acceptors (Lipinski definition) is 6. The predicted octanol–water partition coefficient (Wildman–Crippen LogP) is 5.82. The van der Waals surface area contributed by atoms with Gasteiger partial charge in [-0.15, -0.1) is 0 Å². The van der Waals surface area contributed by atoms with E-state index in [4.69, 9.17) is 4.18 Å². The minimum atomic E-state index is -4.18. The molecular formula is C29H43N3O5S. The maximum Gasteiger partial charge on any atom is 0.339 e. The molecule has 210 valence electrons. The highest BCUT2D eigenvalue weighted by Crippen LogP contribution is 2.31. The molecule has 0 radical (unpaired) electrons. The van der Waals surface area contributed by atoms with E-state index in [0.29, 0.717) is 17.7 Å². The van der Waals surface area contributed by atoms with E-state index in [0.717, 1.165) is 25.2 Å². The summed E-state index contributed by atoms with van der Waals surface area (Å²) in [6.07, 6.45) is 1.15. The van der Waals surface area contributed by atoms with Crippen LogP contribution in [-0.4, -0.2) is 44.3 Å². The van der Waals surface area contributed by atoms with Crippen LogP contribution in [-0.2, 0) is 26.3 Å². The van der Waals surface area contributed by atoms with Crippen molar-refractivity contribution in [2.24, 2.45) is 5.41 Å². The van der Waals surface area contributed by atoms with Crippen molar-refractivity contribution >= 4 is 33.3 Å². The Kier molecular flexibility index (Phi) is 10.8. The van der Waals surface area contributed by atoms with Crippen molar-refractivity contribution < 1.29 is 22.2 Å². The van der Waals surface area contributed by atoms with Gasteiger partial charge in [0, 0.05) is 62.0 Å². The molecule has 0 saturated carbocycles. The zero-order valence-corrected chi connectivity index (χ0v) is 24.8. The van der Waals surface area contributed by atoms with Crippen LogP contribution in [0.2, 0.25) is 0 Å². The van der Waals surface area contributed by atoms with Gasteiger partial charge in [0.15, 0.2) is 0 Å². The third kappa shape index (κ3) is 8.75. The van der Waals surface area contributed by atoms with Crippen molar-refractivity contribution in [2.75, 3.05) is 23.3 Å². The molecule has 1 atom stereocenters. The number of amides is 2. The highest BCUT2D eigenvalue weighted by atomic mass is 32.2. The SMILES string of the molecule is CCC(C)N(Cc1ccc(N(CC)CC)cc1OS(=O)(=O)c1ccc(NC(C)=O)cc1)C(=O)CC(C)(C)C. The van der Waals surface area contributed by atoms with E-state index in [2.05, 4.69) is 10.2 Å². The lowest BCUT2D eigenvalue weighted by atomic mass is 9.91. The summed E-state index contributed by atoms with van der Waals surface area (Å²) in [7, 11) is -4.18. The smallest absolute Gasteiger partial charge is 0.339 e. The first-order valence-corrected chi connectivity index (χ1v) is 14.6. The first-order valence-electron chi connectivity index (χ1n) is 13.2. The van der Waals surface area contributed by atoms with Crippen LogP contribution in [0.15, 0.2) is 47.4 Å². The Labute approximate surface area is 228 Å². The fourth-order valence-electron chi connectivity index (χ4n) is 4.06. The Balaban J connectivity index is 2.51. The molecule has 1 N–H and O–H groups in total. The van der Waals surface area contributed by atoms with Crippen LogP contribution in [0.4, 0.5) is 11.4 Å². The van der Waals surface area contributed by atoms with Gasteiger partial charge in [-0.3, -0.25) is 9.59 Å². The van der Waals surface area contributed by atoms with Crippen LogP contribution in [0, 0.1) is 5.41 Å². The van der Waals surface area contributed by atoms with Gasteiger partial charge in [0.2, 0.25) is 11.8 Å². The second kappa shape index (κ2) is 13.1. The zero-order valence-electron chi connectivity index (χ0n) is 24.0. The number of benzene rings is 2. The molecule has 0 heterocycles. The average molecular weight is 546 g/mol. The van der Waals surface area contributed by atoms with Crippen molar-refractivity contribution in [3.8, 4) is 5.75 Å². The summed E-state index contributed by atoms with van der Waals surface area (Å²) >= 11 is 0. The molecule has 0 aromatic heterocycles. The van der Waals surface area contributed by atoms with Crippen LogP contribution < -0.4 is 14.4 Å². The monoisotopic (exact) mass is 545 g/mol. The largest absolute Gasteiger partial charge is 0.379 e. The van der Waals surface area contributed by atoms with Gasteiger partial charge in [-0.1, -0.05) is 33.8 Å². The average Bonchev–Trinajstić information content (AvgIpc) is 2.82. The lowest BCUT2D eigenvalue weighted by Crippen LogP contribution is -2.39. The molecule has 9 heteroatoms. The minimum Gasteiger partial charge on any atom is -0.379 e. The highest BCUT2D eigenvalue weighted by Gasteiger charge is 2.27. The zero-order chi connectivity index (χ0) is 28.7. The third-order valence-corrected chi connectivity index (χ3v) is 7.56. The molecule has 0 saturated heterocycles. The first-order chi connectivity index (χ1) is 17.7. The molecule has 2 rings (SSSR count). The summed E-state index contributed by atoms with van der Waals surface area (Å²) in [4.78, 5) is 28.5. The van der Waals surface area contributed by atoms with E-state index < -0.39 is 10.1 Å². The van der Waals surface area contributed by atoms with E-state index in [-0.39, 0.29) is 40.5 Å². The summed E-state index contributed by atoms with van der Waals surface area (Å²) in [5, 5.41) is 2.62. The molecule has 0 aliphatic rings. The quantitative estimate of drug-likeness (QED) is 0.338. The molecule has 8 nitrogen and oxygen atoms in total. The van der Waals surface area contributed by atoms with E-state index in [1.54, 1.807) is 11.0 Å². The Hall–Kier alpha value is -3.07. The molecule has 0 aliphatic carbocycles. The van der Waals surface area contributed by atoms with Crippen LogP contribution in [0.25, 0.3) is 0 Å². The van der Waals surface area contributed by atoms with Crippen molar-refractivity contribution in [2.45, 2.75) is 85.7 Å². The van der Waals surface area contributed by atoms with Crippen LogP contribution >= 0.6 is 0 Å². The topological polar surface area (TPSA) is 96.0 Å². The lowest BCUT2D eigenvalue weighted by Gasteiger charge is -2.32. The maximum atomic E-state index is 13.3. The van der Waals surface area contributed by atoms with Gasteiger partial charge in [-0.25, -0.2) is 0 Å². The standard InChI is InChI=1S/C29H43N3O5S/c1-9-21(4)32(28(34)19-29(6,7)8)20-23-12-15-25(31(10-2)11-3)18-27(23)37-38(35,36)26-16-13-24(14-17-26)30-22(5)33/h12-18,21H,9-11,19-20H2,1-8H3,(H,30,33). The van der Waals surface area contributed by atoms with Crippen molar-refractivity contribution in [3.63, 3.8) is 0 Å². The lowest BCUT2D eigenvalue weighted by molar-refractivity contribution is -0.136. The van der Waals surface area contributed by atoms with Gasteiger partial charge >= 0.3 is 10.1 Å². The second-order valence-electron chi connectivity index (χ2n) is 10.7. The summed E-state index contributed by atoms with van der Waals surface area (Å²) in [5.41, 5.74) is 1.76. The summed E-state index contributed by atoms with van der Waals surface area (Å²) in [6, 6.07) is 11.3. The van der Waals surface area contributed by atoms with E-state index in [1.165, 1.54) is 31.2 Å². The molecule has 0 aliphatic heterocycles. The fourth-order valence-corrected chi connectivity index (χ4v) is 5.02. The van der Waals surface area contributed by atoms with Crippen molar-refractivity contribution in [1.82, 2.24) is 4.90 Å². The molecule has 0 fully saturated rings. The number of nitrogens with one attached hydrogen (secondary N) is 1. The number of nitrogens with zero attached hydrogens (tertiary/aromatic N) is 2. The first kappa shape index (κ1) is 31.1. The number of rotatable bonds is 12. The summed E-state index contributed by atoms with van der Waals surface area (Å²) in [6.45, 7) is 17.3. The third-order valence-electron chi connectivity index (χ3n) is 6.31. The normalized spacial score (nSPS) is 12.5. The number of hydrogen-bond donors (Lipinski definition) is 1. The Bertz CT molecular complexity index is 1200. The second-order valence-corrected chi connectivity index (χ2v) is 12.3. The number of carbonyl (C=O) groups is 2. The summed E-state index contributed by atoms with van der Waals surface area (Å²) in [5.74, 6) is -0.0409. The number of anilines is 2. The molecular weight excluding hydrogens is 502 g/mol. The van der Waals surface area contributed by atoms with E-state index in [1.807, 2.05) is 60.6 Å². The molecule has 0 bridgehead atoms. The molecule has 2 aromatic rings. The highest BCUT2D eigenvalue weighted by molar-refractivity contribution is 7.87. The Morgan fingerprint density at radius 3 is 2.11 bits per heavy atom. The van der Waals surface area contributed by atoms with Gasteiger partial charge in [0.25, 0.3) is 0 Å². The number of carbonyl (C=O) groups excluding carboxylic acids is 2. The van der Waals surface area contributed by atoms with E-state index >= 15 is 0 Å². The predicted molar refractivity (Wildman–Crippen MR) is 153 cm³/mol. The van der Waals surface area contributed by atoms with Gasteiger partial charge in [0.05, 0.1) is 0 Å². The van der Waals surface area contributed by atoms with Gasteiger partial charge in [0.1, 0.15) is 10.6 Å². The summed E-state index contributed by atoms with van der Waals surface area (Å²) < 4.78 is 32.3. The van der Waals surface area contributed by atoms with Gasteiger partial charge in [-0.05, 0) is 62.9 Å².